The summed E-state index contributed by atoms with van der Waals surface area (Å²) in [4.78, 5) is 10.6. The fraction of sp³-hybridized carbons (Fsp3) is 0.800. The summed E-state index contributed by atoms with van der Waals surface area (Å²) in [6.07, 6.45) is 0.971. The lowest BCUT2D eigenvalue weighted by atomic mass is 10.7. The number of carbonyl (C=O) groups is 1. The van der Waals surface area contributed by atoms with Crippen LogP contribution >= 0.6 is 11.6 Å². The Hall–Kier alpha value is -0.330. The summed E-state index contributed by atoms with van der Waals surface area (Å²) in [6, 6.07) is -0.256. The second-order valence-corrected chi connectivity index (χ2v) is 4.29. The summed E-state index contributed by atoms with van der Waals surface area (Å²) in [5.41, 5.74) is 0. The number of sulfonamides is 1. The minimum absolute atomic E-state index is 0.256. The number of hydrogen-bond acceptors (Lipinski definition) is 4. The summed E-state index contributed by atoms with van der Waals surface area (Å²) < 4.78 is 26.8. The molecule has 5 nitrogen and oxygen atoms in total. The maximum absolute atomic E-state index is 10.8. The number of rotatable bonds is 4. The predicted molar refractivity (Wildman–Crippen MR) is 44.3 cm³/mol. The van der Waals surface area contributed by atoms with Gasteiger partial charge in [0.2, 0.25) is 10.0 Å². The lowest BCUT2D eigenvalue weighted by Crippen LogP contribution is -2.34. The van der Waals surface area contributed by atoms with E-state index in [-0.39, 0.29) is 12.5 Å². The number of esters is 1. The maximum Gasteiger partial charge on any atom is 0.321 e. The van der Waals surface area contributed by atoms with E-state index in [0.29, 0.717) is 0 Å². The summed E-state index contributed by atoms with van der Waals surface area (Å²) in [5, 5.41) is 0. The number of ether oxygens (including phenoxy) is 1. The number of halogens is 1. The minimum Gasteiger partial charge on any atom is -0.468 e. The van der Waals surface area contributed by atoms with Crippen LogP contribution < -0.4 is 0 Å². The molecule has 0 aliphatic heterocycles. The fourth-order valence-corrected chi connectivity index (χ4v) is 1.59. The molecule has 0 aromatic heterocycles. The van der Waals surface area contributed by atoms with Crippen LogP contribution in [0.4, 0.5) is 0 Å². The highest BCUT2D eigenvalue weighted by Crippen LogP contribution is 1.99. The third-order valence-electron chi connectivity index (χ3n) is 1.14. The van der Waals surface area contributed by atoms with Crippen LogP contribution in [0.5, 0.6) is 0 Å². The topological polar surface area (TPSA) is 63.7 Å². The molecule has 72 valence electrons. The van der Waals surface area contributed by atoms with Crippen molar-refractivity contribution >= 4 is 27.6 Å². The van der Waals surface area contributed by atoms with E-state index < -0.39 is 16.0 Å². The zero-order chi connectivity index (χ0) is 9.78. The Morgan fingerprint density at radius 1 is 1.58 bits per heavy atom. The Balaban J connectivity index is 4.30. The molecular formula is C5H10ClNO4S. The molecule has 0 aromatic rings. The SMILES string of the molecule is COC(=O)CN(CCl)S(C)(=O)=O. The molecule has 0 fully saturated rings. The Kier molecular flexibility index (Phi) is 4.51. The number of alkyl halides is 1. The molecule has 0 aliphatic carbocycles. The van der Waals surface area contributed by atoms with Crippen molar-refractivity contribution in [2.75, 3.05) is 25.9 Å². The van der Waals surface area contributed by atoms with Crippen molar-refractivity contribution in [3.63, 3.8) is 0 Å². The first-order valence-corrected chi connectivity index (χ1v) is 5.38. The Morgan fingerprint density at radius 3 is 2.33 bits per heavy atom. The van der Waals surface area contributed by atoms with E-state index in [4.69, 9.17) is 11.6 Å². The third kappa shape index (κ3) is 3.89. The summed E-state index contributed by atoms with van der Waals surface area (Å²) >= 11 is 5.29. The monoisotopic (exact) mass is 215 g/mol. The van der Waals surface area contributed by atoms with Crippen molar-refractivity contribution in [2.24, 2.45) is 0 Å². The second-order valence-electron chi connectivity index (χ2n) is 2.07. The number of carbonyl (C=O) groups excluding carboxylic acids is 1. The van der Waals surface area contributed by atoms with Crippen molar-refractivity contribution in [3.05, 3.63) is 0 Å². The summed E-state index contributed by atoms with van der Waals surface area (Å²) in [7, 11) is -2.24. The average molecular weight is 216 g/mol. The van der Waals surface area contributed by atoms with Crippen LogP contribution in [0.15, 0.2) is 0 Å². The molecular weight excluding hydrogens is 206 g/mol. The largest absolute Gasteiger partial charge is 0.468 e. The van der Waals surface area contributed by atoms with Gasteiger partial charge in [0.1, 0.15) is 6.54 Å². The van der Waals surface area contributed by atoms with Crippen LogP contribution in [0.2, 0.25) is 0 Å². The Morgan fingerprint density at radius 2 is 2.08 bits per heavy atom. The molecule has 0 amide bonds. The predicted octanol–water partition coefficient (Wildman–Crippen LogP) is -0.383. The van der Waals surface area contributed by atoms with Crippen molar-refractivity contribution in [1.29, 1.82) is 0 Å². The van der Waals surface area contributed by atoms with Crippen LogP contribution in [0.25, 0.3) is 0 Å². The lowest BCUT2D eigenvalue weighted by molar-refractivity contribution is -0.140. The molecule has 12 heavy (non-hydrogen) atoms. The normalized spacial score (nSPS) is 11.7. The second kappa shape index (κ2) is 4.64. The number of hydrogen-bond donors (Lipinski definition) is 0. The van der Waals surface area contributed by atoms with Crippen molar-refractivity contribution in [3.8, 4) is 0 Å². The van der Waals surface area contributed by atoms with Gasteiger partial charge in [0.15, 0.2) is 0 Å². The molecule has 0 radical (unpaired) electrons. The van der Waals surface area contributed by atoms with Crippen LogP contribution in [0.3, 0.4) is 0 Å². The van der Waals surface area contributed by atoms with E-state index in [1.807, 2.05) is 0 Å². The van der Waals surface area contributed by atoms with Gasteiger partial charge in [-0.15, -0.1) is 11.6 Å². The van der Waals surface area contributed by atoms with E-state index in [0.717, 1.165) is 10.6 Å². The third-order valence-corrected chi connectivity index (χ3v) is 2.76. The first kappa shape index (κ1) is 11.7. The highest BCUT2D eigenvalue weighted by atomic mass is 35.5. The molecule has 0 atom stereocenters. The molecule has 0 rings (SSSR count). The maximum atomic E-state index is 10.8. The average Bonchev–Trinajstić information content (AvgIpc) is 1.97. The van der Waals surface area contributed by atoms with E-state index in [1.54, 1.807) is 0 Å². The van der Waals surface area contributed by atoms with Gasteiger partial charge in [0.05, 0.1) is 19.4 Å². The minimum atomic E-state index is -3.42. The van der Waals surface area contributed by atoms with E-state index in [2.05, 4.69) is 4.74 Å². The van der Waals surface area contributed by atoms with Crippen molar-refractivity contribution in [2.45, 2.75) is 0 Å². The molecule has 0 aliphatic rings. The highest BCUT2D eigenvalue weighted by molar-refractivity contribution is 7.88. The van der Waals surface area contributed by atoms with E-state index >= 15 is 0 Å². The molecule has 7 heteroatoms. The van der Waals surface area contributed by atoms with Crippen LogP contribution in [0, 0.1) is 0 Å². The Bertz CT molecular complexity index is 250. The smallest absolute Gasteiger partial charge is 0.321 e. The van der Waals surface area contributed by atoms with Gasteiger partial charge >= 0.3 is 5.97 Å². The van der Waals surface area contributed by atoms with Gasteiger partial charge < -0.3 is 4.74 Å². The van der Waals surface area contributed by atoms with Crippen LogP contribution in [0.1, 0.15) is 0 Å². The summed E-state index contributed by atoms with van der Waals surface area (Å²) in [6.45, 7) is -0.348. The molecule has 0 heterocycles. The highest BCUT2D eigenvalue weighted by Gasteiger charge is 2.18. The van der Waals surface area contributed by atoms with Crippen LogP contribution in [-0.4, -0.2) is 44.6 Å². The van der Waals surface area contributed by atoms with Crippen molar-refractivity contribution in [1.82, 2.24) is 4.31 Å². The molecule has 0 aromatic carbocycles. The van der Waals surface area contributed by atoms with E-state index in [1.165, 1.54) is 7.11 Å². The standard InChI is InChI=1S/C5H10ClNO4S/c1-11-5(8)3-7(4-6)12(2,9)10/h3-4H2,1-2H3. The zero-order valence-electron chi connectivity index (χ0n) is 6.78. The number of methoxy groups -OCH3 is 1. The first-order valence-electron chi connectivity index (χ1n) is 2.99. The van der Waals surface area contributed by atoms with Gasteiger partial charge in [0, 0.05) is 0 Å². The van der Waals surface area contributed by atoms with E-state index in [9.17, 15) is 13.2 Å². The van der Waals surface area contributed by atoms with Crippen molar-refractivity contribution < 1.29 is 17.9 Å². The van der Waals surface area contributed by atoms with Gasteiger partial charge in [-0.05, 0) is 0 Å². The van der Waals surface area contributed by atoms with Gasteiger partial charge in [-0.3, -0.25) is 4.79 Å². The molecule has 0 saturated heterocycles. The van der Waals surface area contributed by atoms with Gasteiger partial charge in [-0.25, -0.2) is 8.42 Å². The zero-order valence-corrected chi connectivity index (χ0v) is 8.35. The molecule has 0 N–H and O–H groups in total. The Labute approximate surface area is 76.3 Å². The van der Waals surface area contributed by atoms with Gasteiger partial charge in [-0.2, -0.15) is 4.31 Å². The molecule has 0 saturated carbocycles. The lowest BCUT2D eigenvalue weighted by Gasteiger charge is -2.14. The summed E-state index contributed by atoms with van der Waals surface area (Å²) in [5.74, 6) is -0.638. The quantitative estimate of drug-likeness (QED) is 0.364. The fourth-order valence-electron chi connectivity index (χ4n) is 0.457. The number of nitrogens with zero attached hydrogens (tertiary/aromatic N) is 1. The molecule has 0 bridgehead atoms. The molecule has 0 spiro atoms. The molecule has 0 unspecified atom stereocenters. The van der Waals surface area contributed by atoms with Crippen LogP contribution in [-0.2, 0) is 19.6 Å². The first-order chi connectivity index (χ1) is 5.41. The van der Waals surface area contributed by atoms with Gasteiger partial charge in [-0.1, -0.05) is 0 Å². The van der Waals surface area contributed by atoms with Gasteiger partial charge in [0.25, 0.3) is 0 Å².